The Hall–Kier alpha value is -0.940. The highest BCUT2D eigenvalue weighted by Gasteiger charge is 2.27. The van der Waals surface area contributed by atoms with Crippen molar-refractivity contribution in [1.29, 1.82) is 0 Å². The topological polar surface area (TPSA) is 60.2 Å². The van der Waals surface area contributed by atoms with Crippen LogP contribution in [0.4, 0.5) is 0 Å². The Bertz CT molecular complexity index is 427. The van der Waals surface area contributed by atoms with Crippen LogP contribution in [0.2, 0.25) is 0 Å². The fraction of sp³-hybridized carbons (Fsp3) is 0.875. The Kier molecular flexibility index (Phi) is 5.25. The molecule has 0 amide bonds. The molecule has 118 valence electrons. The Balaban J connectivity index is 1.60. The number of nitrogens with zero attached hydrogens (tertiary/aromatic N) is 2. The number of hydrogen-bond acceptors (Lipinski definition) is 5. The maximum absolute atomic E-state index is 5.52. The molecule has 1 aromatic heterocycles. The summed E-state index contributed by atoms with van der Waals surface area (Å²) >= 11 is 0. The molecule has 3 rings (SSSR count). The van der Waals surface area contributed by atoms with Gasteiger partial charge in [0.2, 0.25) is 5.89 Å². The third kappa shape index (κ3) is 3.83. The lowest BCUT2D eigenvalue weighted by molar-refractivity contribution is 0.0830. The molecule has 1 aliphatic carbocycles. The van der Waals surface area contributed by atoms with Gasteiger partial charge < -0.3 is 14.6 Å². The minimum Gasteiger partial charge on any atom is -0.381 e. The van der Waals surface area contributed by atoms with E-state index in [1.807, 2.05) is 0 Å². The highest BCUT2D eigenvalue weighted by Crippen LogP contribution is 2.29. The van der Waals surface area contributed by atoms with E-state index >= 15 is 0 Å². The van der Waals surface area contributed by atoms with E-state index < -0.39 is 0 Å². The van der Waals surface area contributed by atoms with Gasteiger partial charge >= 0.3 is 0 Å². The van der Waals surface area contributed by atoms with Crippen molar-refractivity contribution in [2.45, 2.75) is 63.8 Å². The van der Waals surface area contributed by atoms with E-state index in [-0.39, 0.29) is 0 Å². The van der Waals surface area contributed by atoms with E-state index in [0.29, 0.717) is 17.9 Å². The molecule has 0 bridgehead atoms. The zero-order chi connectivity index (χ0) is 14.5. The van der Waals surface area contributed by atoms with Crippen LogP contribution in [0.15, 0.2) is 4.52 Å². The van der Waals surface area contributed by atoms with E-state index in [2.05, 4.69) is 22.4 Å². The van der Waals surface area contributed by atoms with E-state index in [1.165, 1.54) is 25.7 Å². The van der Waals surface area contributed by atoms with Crippen molar-refractivity contribution in [3.8, 4) is 0 Å². The van der Waals surface area contributed by atoms with Gasteiger partial charge in [-0.05, 0) is 38.1 Å². The molecule has 0 spiro atoms. The van der Waals surface area contributed by atoms with E-state index in [9.17, 15) is 0 Å². The first kappa shape index (κ1) is 15.0. The fourth-order valence-electron chi connectivity index (χ4n) is 3.68. The summed E-state index contributed by atoms with van der Waals surface area (Å²) in [6.45, 7) is 4.86. The second kappa shape index (κ2) is 7.36. The second-order valence-corrected chi connectivity index (χ2v) is 6.35. The third-order valence-corrected chi connectivity index (χ3v) is 4.88. The molecule has 2 unspecified atom stereocenters. The van der Waals surface area contributed by atoms with Gasteiger partial charge in [0, 0.05) is 31.6 Å². The summed E-state index contributed by atoms with van der Waals surface area (Å²) in [6, 6.07) is 0.613. The van der Waals surface area contributed by atoms with Crippen molar-refractivity contribution in [3.05, 3.63) is 11.7 Å². The summed E-state index contributed by atoms with van der Waals surface area (Å²) in [7, 11) is 0. The van der Waals surface area contributed by atoms with Crippen molar-refractivity contribution in [1.82, 2.24) is 15.5 Å². The van der Waals surface area contributed by atoms with Crippen molar-refractivity contribution in [3.63, 3.8) is 0 Å². The van der Waals surface area contributed by atoms with Gasteiger partial charge in [-0.15, -0.1) is 0 Å². The first-order valence-corrected chi connectivity index (χ1v) is 8.50. The molecular weight excluding hydrogens is 266 g/mol. The largest absolute Gasteiger partial charge is 0.381 e. The van der Waals surface area contributed by atoms with E-state index in [4.69, 9.17) is 9.26 Å². The third-order valence-electron chi connectivity index (χ3n) is 4.88. The smallest absolute Gasteiger partial charge is 0.226 e. The molecule has 0 aromatic carbocycles. The molecule has 21 heavy (non-hydrogen) atoms. The van der Waals surface area contributed by atoms with Crippen LogP contribution >= 0.6 is 0 Å². The number of nitrogens with one attached hydrogen (secondary N) is 1. The summed E-state index contributed by atoms with van der Waals surface area (Å²) in [5.41, 5.74) is 0. The van der Waals surface area contributed by atoms with Crippen LogP contribution in [0.3, 0.4) is 0 Å². The molecule has 2 fully saturated rings. The van der Waals surface area contributed by atoms with Crippen molar-refractivity contribution in [2.24, 2.45) is 5.92 Å². The molecule has 5 nitrogen and oxygen atoms in total. The molecular formula is C16H27N3O2. The number of hydrogen-bond donors (Lipinski definition) is 1. The zero-order valence-corrected chi connectivity index (χ0v) is 13.0. The normalized spacial score (nSPS) is 27.9. The minimum absolute atomic E-state index is 0.423. The van der Waals surface area contributed by atoms with Gasteiger partial charge in [-0.25, -0.2) is 0 Å². The fourth-order valence-corrected chi connectivity index (χ4v) is 3.68. The Morgan fingerprint density at radius 1 is 1.14 bits per heavy atom. The number of aromatic nitrogens is 2. The molecule has 2 atom stereocenters. The first-order chi connectivity index (χ1) is 10.4. The number of ether oxygens (including phenoxy) is 1. The van der Waals surface area contributed by atoms with Crippen LogP contribution in [0.1, 0.15) is 63.1 Å². The molecule has 2 heterocycles. The minimum atomic E-state index is 0.423. The summed E-state index contributed by atoms with van der Waals surface area (Å²) in [6.07, 6.45) is 8.17. The van der Waals surface area contributed by atoms with Gasteiger partial charge in [0.1, 0.15) is 0 Å². The second-order valence-electron chi connectivity index (χ2n) is 6.35. The monoisotopic (exact) mass is 293 g/mol. The van der Waals surface area contributed by atoms with Crippen LogP contribution in [-0.2, 0) is 11.2 Å². The Labute approximate surface area is 126 Å². The van der Waals surface area contributed by atoms with Gasteiger partial charge in [-0.1, -0.05) is 24.9 Å². The number of rotatable bonds is 5. The van der Waals surface area contributed by atoms with E-state index in [1.54, 1.807) is 0 Å². The highest BCUT2D eigenvalue weighted by atomic mass is 16.5. The standard InChI is InChI=1S/C16H27N3O2/c1-2-17-14-6-4-3-5-13(14)11-15-18-16(19-21-15)12-7-9-20-10-8-12/h12-14,17H,2-11H2,1H3. The van der Waals surface area contributed by atoms with Crippen LogP contribution < -0.4 is 5.32 Å². The summed E-state index contributed by atoms with van der Waals surface area (Å²) < 4.78 is 10.9. The quantitative estimate of drug-likeness (QED) is 0.904. The van der Waals surface area contributed by atoms with Gasteiger partial charge in [-0.2, -0.15) is 4.98 Å². The van der Waals surface area contributed by atoms with Crippen LogP contribution in [0.5, 0.6) is 0 Å². The van der Waals surface area contributed by atoms with E-state index in [0.717, 1.165) is 50.7 Å². The molecule has 2 aliphatic rings. The predicted molar refractivity (Wildman–Crippen MR) is 80.2 cm³/mol. The Morgan fingerprint density at radius 3 is 2.76 bits per heavy atom. The summed E-state index contributed by atoms with van der Waals surface area (Å²) in [5.74, 6) is 2.78. The average molecular weight is 293 g/mol. The molecule has 5 heteroatoms. The van der Waals surface area contributed by atoms with Crippen LogP contribution in [0, 0.1) is 5.92 Å². The first-order valence-electron chi connectivity index (χ1n) is 8.50. The zero-order valence-electron chi connectivity index (χ0n) is 13.0. The molecule has 1 aliphatic heterocycles. The Morgan fingerprint density at radius 2 is 1.95 bits per heavy atom. The maximum Gasteiger partial charge on any atom is 0.226 e. The van der Waals surface area contributed by atoms with Crippen LogP contribution in [0.25, 0.3) is 0 Å². The molecule has 0 radical (unpaired) electrons. The van der Waals surface area contributed by atoms with Gasteiger partial charge in [0.15, 0.2) is 5.82 Å². The molecule has 1 saturated carbocycles. The summed E-state index contributed by atoms with van der Waals surface area (Å²) in [5, 5.41) is 7.83. The molecule has 1 aromatic rings. The SMILES string of the molecule is CCNC1CCCCC1Cc1nc(C2CCOCC2)no1. The van der Waals surface area contributed by atoms with Crippen molar-refractivity contribution < 1.29 is 9.26 Å². The lowest BCUT2D eigenvalue weighted by Gasteiger charge is -2.31. The lowest BCUT2D eigenvalue weighted by atomic mass is 9.82. The predicted octanol–water partition coefficient (Wildman–Crippen LogP) is 2.67. The summed E-state index contributed by atoms with van der Waals surface area (Å²) in [4.78, 5) is 4.66. The maximum atomic E-state index is 5.52. The average Bonchev–Trinajstić information content (AvgIpc) is 2.99. The lowest BCUT2D eigenvalue weighted by Crippen LogP contribution is -2.39. The molecule has 1 saturated heterocycles. The van der Waals surface area contributed by atoms with Gasteiger partial charge in [0.05, 0.1) is 0 Å². The highest BCUT2D eigenvalue weighted by molar-refractivity contribution is 4.98. The molecule has 1 N–H and O–H groups in total. The van der Waals surface area contributed by atoms with Gasteiger partial charge in [-0.3, -0.25) is 0 Å². The van der Waals surface area contributed by atoms with Crippen molar-refractivity contribution >= 4 is 0 Å². The van der Waals surface area contributed by atoms with Crippen LogP contribution in [-0.4, -0.2) is 35.9 Å². The van der Waals surface area contributed by atoms with Gasteiger partial charge in [0.25, 0.3) is 0 Å². The van der Waals surface area contributed by atoms with Crippen molar-refractivity contribution in [2.75, 3.05) is 19.8 Å².